The summed E-state index contributed by atoms with van der Waals surface area (Å²) in [6.45, 7) is 0. The molecule has 0 saturated carbocycles. The van der Waals surface area contributed by atoms with Crippen LogP contribution in [0.3, 0.4) is 0 Å². The number of hydrogen-bond acceptors (Lipinski definition) is 4. The van der Waals surface area contributed by atoms with Crippen molar-refractivity contribution in [1.29, 1.82) is 0 Å². The Bertz CT molecular complexity index is 940. The van der Waals surface area contributed by atoms with Gasteiger partial charge in [-0.25, -0.2) is 0 Å². The van der Waals surface area contributed by atoms with E-state index in [1.54, 1.807) is 6.07 Å². The van der Waals surface area contributed by atoms with Crippen LogP contribution in [0.4, 0.5) is 15.9 Å². The van der Waals surface area contributed by atoms with Crippen molar-refractivity contribution in [3.63, 3.8) is 0 Å². The van der Waals surface area contributed by atoms with Crippen molar-refractivity contribution in [1.82, 2.24) is 9.97 Å². The average molecular weight is 395 g/mol. The van der Waals surface area contributed by atoms with Crippen molar-refractivity contribution in [3.05, 3.63) is 45.4 Å². The van der Waals surface area contributed by atoms with Crippen molar-refractivity contribution < 1.29 is 9.18 Å². The number of halogens is 2. The van der Waals surface area contributed by atoms with Gasteiger partial charge in [0.15, 0.2) is 0 Å². The molecule has 0 bridgehead atoms. The van der Waals surface area contributed by atoms with Gasteiger partial charge in [-0.2, -0.15) is 0 Å². The molecule has 0 saturated heterocycles. The SMILES string of the molecule is O=C1CCc2c([se]c3ncnc(Nc4ccc(F)c(Cl)c4)c23)C1. The van der Waals surface area contributed by atoms with Gasteiger partial charge in [-0.3, -0.25) is 0 Å². The number of nitrogens with one attached hydrogen (secondary N) is 1. The molecular formula is C16H11ClFN3OSe. The fourth-order valence-corrected chi connectivity index (χ4v) is 5.51. The predicted molar refractivity (Wildman–Crippen MR) is 88.2 cm³/mol. The number of benzene rings is 1. The molecule has 0 radical (unpaired) electrons. The first-order chi connectivity index (χ1) is 11.1. The second kappa shape index (κ2) is 5.71. The van der Waals surface area contributed by atoms with Gasteiger partial charge in [-0.05, 0) is 0 Å². The summed E-state index contributed by atoms with van der Waals surface area (Å²) in [5.74, 6) is 0.536. The van der Waals surface area contributed by atoms with Crippen LogP contribution in [0.1, 0.15) is 16.4 Å². The van der Waals surface area contributed by atoms with E-state index in [0.717, 1.165) is 16.2 Å². The summed E-state index contributed by atoms with van der Waals surface area (Å²) in [4.78, 5) is 20.4. The second-order valence-corrected chi connectivity index (χ2v) is 8.06. The third-order valence-corrected chi connectivity index (χ3v) is 6.55. The standard InChI is InChI=1S/C16H11ClFN3OSe/c17-11-5-8(1-4-12(11)18)21-15-14-10-3-2-9(22)6-13(10)23-16(14)20-7-19-15/h1,4-5,7H,2-3,6H2,(H,19,20,21). The molecule has 1 aliphatic rings. The third-order valence-electron chi connectivity index (χ3n) is 3.86. The molecule has 23 heavy (non-hydrogen) atoms. The van der Waals surface area contributed by atoms with E-state index >= 15 is 0 Å². The number of ketones is 1. The fraction of sp³-hybridized carbons (Fsp3) is 0.188. The van der Waals surface area contributed by atoms with Crippen LogP contribution < -0.4 is 5.32 Å². The molecule has 0 amide bonds. The molecule has 0 unspecified atom stereocenters. The van der Waals surface area contributed by atoms with Gasteiger partial charge in [0, 0.05) is 0 Å². The van der Waals surface area contributed by atoms with Gasteiger partial charge in [0.1, 0.15) is 0 Å². The fourth-order valence-electron chi connectivity index (χ4n) is 2.78. The Morgan fingerprint density at radius 3 is 2.96 bits per heavy atom. The Labute approximate surface area is 142 Å². The zero-order valence-corrected chi connectivity index (χ0v) is 14.4. The first-order valence-corrected chi connectivity index (χ1v) is 9.20. The molecule has 4 nitrogen and oxygen atoms in total. The molecule has 1 aliphatic carbocycles. The molecule has 0 atom stereocenters. The number of carbonyl (C=O) groups is 1. The number of rotatable bonds is 2. The minimum absolute atomic E-state index is 0.0630. The topological polar surface area (TPSA) is 54.9 Å². The molecule has 0 aliphatic heterocycles. The summed E-state index contributed by atoms with van der Waals surface area (Å²) < 4.78 is 15.5. The van der Waals surface area contributed by atoms with Crippen molar-refractivity contribution >= 4 is 53.2 Å². The van der Waals surface area contributed by atoms with Crippen molar-refractivity contribution in [2.45, 2.75) is 19.3 Å². The maximum absolute atomic E-state index is 13.3. The van der Waals surface area contributed by atoms with Crippen LogP contribution in [0, 0.1) is 5.82 Å². The van der Waals surface area contributed by atoms with Crippen molar-refractivity contribution in [2.24, 2.45) is 0 Å². The number of fused-ring (bicyclic) bond motifs is 3. The molecule has 1 aromatic carbocycles. The molecule has 2 aromatic heterocycles. The van der Waals surface area contributed by atoms with Gasteiger partial charge in [-0.1, -0.05) is 0 Å². The minimum atomic E-state index is -0.454. The van der Waals surface area contributed by atoms with E-state index in [-0.39, 0.29) is 19.5 Å². The Morgan fingerprint density at radius 2 is 2.13 bits per heavy atom. The third kappa shape index (κ3) is 2.67. The number of anilines is 2. The second-order valence-electron chi connectivity index (χ2n) is 5.38. The number of aryl methyl sites for hydroxylation is 1. The quantitative estimate of drug-likeness (QED) is 0.678. The van der Waals surface area contributed by atoms with Crippen LogP contribution >= 0.6 is 11.6 Å². The molecule has 3 aromatic rings. The normalized spacial score (nSPS) is 14.1. The van der Waals surface area contributed by atoms with Crippen molar-refractivity contribution in [3.8, 4) is 0 Å². The Balaban J connectivity index is 1.80. The molecule has 4 rings (SSSR count). The van der Waals surface area contributed by atoms with Crippen LogP contribution in [0.15, 0.2) is 24.5 Å². The summed E-state index contributed by atoms with van der Waals surface area (Å²) >= 11 is 5.92. The Hall–Kier alpha value is -1.75. The van der Waals surface area contributed by atoms with Crippen LogP contribution in [-0.4, -0.2) is 30.3 Å². The predicted octanol–water partition coefficient (Wildman–Crippen LogP) is 3.28. The number of nitrogens with zero attached hydrogens (tertiary/aromatic N) is 2. The van der Waals surface area contributed by atoms with Gasteiger partial charge < -0.3 is 0 Å². The van der Waals surface area contributed by atoms with Gasteiger partial charge in [-0.15, -0.1) is 0 Å². The molecule has 0 spiro atoms. The van der Waals surface area contributed by atoms with E-state index in [2.05, 4.69) is 15.3 Å². The zero-order chi connectivity index (χ0) is 16.0. The Kier molecular flexibility index (Phi) is 3.68. The molecule has 116 valence electrons. The summed E-state index contributed by atoms with van der Waals surface area (Å²) in [6, 6.07) is 4.47. The van der Waals surface area contributed by atoms with Crippen LogP contribution in [0.25, 0.3) is 9.78 Å². The summed E-state index contributed by atoms with van der Waals surface area (Å²) in [5.41, 5.74) is 1.88. The molecule has 0 fully saturated rings. The summed E-state index contributed by atoms with van der Waals surface area (Å²) in [7, 11) is 0. The molecule has 2 heterocycles. The molecule has 1 N–H and O–H groups in total. The van der Waals surface area contributed by atoms with Crippen LogP contribution in [0.2, 0.25) is 5.02 Å². The van der Waals surface area contributed by atoms with Gasteiger partial charge in [0.2, 0.25) is 0 Å². The number of aromatic nitrogens is 2. The van der Waals surface area contributed by atoms with Gasteiger partial charge in [0.25, 0.3) is 0 Å². The van der Waals surface area contributed by atoms with E-state index in [1.165, 1.54) is 28.5 Å². The first kappa shape index (κ1) is 14.8. The van der Waals surface area contributed by atoms with Gasteiger partial charge in [0.05, 0.1) is 0 Å². The van der Waals surface area contributed by atoms with Crippen molar-refractivity contribution in [2.75, 3.05) is 5.32 Å². The molecular weight excluding hydrogens is 384 g/mol. The maximum atomic E-state index is 13.3. The van der Waals surface area contributed by atoms with Crippen LogP contribution in [-0.2, 0) is 17.6 Å². The summed E-state index contributed by atoms with van der Waals surface area (Å²) in [6.07, 6.45) is 3.38. The zero-order valence-electron chi connectivity index (χ0n) is 11.9. The van der Waals surface area contributed by atoms with E-state index < -0.39 is 5.82 Å². The number of Topliss-reactive ketones (excluding diaryl/α,β-unsaturated/α-hetero) is 1. The number of carbonyl (C=O) groups excluding carboxylic acids is 1. The van der Waals surface area contributed by atoms with Gasteiger partial charge >= 0.3 is 142 Å². The average Bonchev–Trinajstić information content (AvgIpc) is 2.89. The Morgan fingerprint density at radius 1 is 1.26 bits per heavy atom. The summed E-state index contributed by atoms with van der Waals surface area (Å²) in [5, 5.41) is 4.28. The van der Waals surface area contributed by atoms with E-state index in [0.29, 0.717) is 30.1 Å². The monoisotopic (exact) mass is 395 g/mol. The van der Waals surface area contributed by atoms with E-state index in [1.807, 2.05) is 0 Å². The first-order valence-electron chi connectivity index (χ1n) is 7.11. The van der Waals surface area contributed by atoms with E-state index in [9.17, 15) is 9.18 Å². The van der Waals surface area contributed by atoms with Crippen LogP contribution in [0.5, 0.6) is 0 Å². The number of hydrogen-bond donors (Lipinski definition) is 1. The molecule has 7 heteroatoms. The van der Waals surface area contributed by atoms with E-state index in [4.69, 9.17) is 11.6 Å².